The highest BCUT2D eigenvalue weighted by Crippen LogP contribution is 2.24. The molecule has 0 spiro atoms. The minimum atomic E-state index is -0.254. The lowest BCUT2D eigenvalue weighted by Crippen LogP contribution is -2.50. The quantitative estimate of drug-likeness (QED) is 0.569. The number of aromatic nitrogens is 4. The molecular formula is C25H31FN6O. The van der Waals surface area contributed by atoms with Crippen molar-refractivity contribution >= 4 is 11.7 Å². The van der Waals surface area contributed by atoms with E-state index in [1.54, 1.807) is 23.7 Å². The SMILES string of the molecule is CCC(C)c1nc(-c2ccc(F)c(C)c2)nn1CC(=O)N1CCN(c2cc(C)ccn2)CC1. The highest BCUT2D eigenvalue weighted by Gasteiger charge is 2.25. The van der Waals surface area contributed by atoms with Crippen molar-refractivity contribution in [1.82, 2.24) is 24.6 Å². The van der Waals surface area contributed by atoms with Crippen LogP contribution in [0.2, 0.25) is 0 Å². The zero-order valence-corrected chi connectivity index (χ0v) is 19.8. The smallest absolute Gasteiger partial charge is 0.244 e. The topological polar surface area (TPSA) is 67.2 Å². The minimum Gasteiger partial charge on any atom is -0.353 e. The number of aryl methyl sites for hydroxylation is 2. The van der Waals surface area contributed by atoms with Gasteiger partial charge in [-0.05, 0) is 61.7 Å². The first kappa shape index (κ1) is 22.9. The van der Waals surface area contributed by atoms with Crippen molar-refractivity contribution in [2.24, 2.45) is 0 Å². The van der Waals surface area contributed by atoms with Crippen LogP contribution in [0.5, 0.6) is 0 Å². The van der Waals surface area contributed by atoms with Crippen LogP contribution in [-0.4, -0.2) is 56.7 Å². The molecule has 0 N–H and O–H groups in total. The number of piperazine rings is 1. The van der Waals surface area contributed by atoms with Gasteiger partial charge in [0, 0.05) is 43.9 Å². The Hall–Kier alpha value is -3.29. The Balaban J connectivity index is 1.48. The fourth-order valence-corrected chi connectivity index (χ4v) is 4.03. The molecule has 0 aliphatic carbocycles. The molecule has 0 saturated carbocycles. The molecule has 1 atom stereocenters. The third-order valence-electron chi connectivity index (χ3n) is 6.31. The second-order valence-corrected chi connectivity index (χ2v) is 8.78. The summed E-state index contributed by atoms with van der Waals surface area (Å²) in [5.74, 6) is 2.20. The zero-order valence-electron chi connectivity index (χ0n) is 19.8. The van der Waals surface area contributed by atoms with Gasteiger partial charge in [-0.25, -0.2) is 19.0 Å². The van der Waals surface area contributed by atoms with Crippen LogP contribution in [-0.2, 0) is 11.3 Å². The molecule has 0 bridgehead atoms. The van der Waals surface area contributed by atoms with Crippen LogP contribution in [0.1, 0.15) is 43.1 Å². The highest BCUT2D eigenvalue weighted by molar-refractivity contribution is 5.76. The molecule has 1 fully saturated rings. The van der Waals surface area contributed by atoms with Gasteiger partial charge < -0.3 is 9.80 Å². The lowest BCUT2D eigenvalue weighted by molar-refractivity contribution is -0.132. The van der Waals surface area contributed by atoms with Gasteiger partial charge >= 0.3 is 0 Å². The monoisotopic (exact) mass is 450 g/mol. The van der Waals surface area contributed by atoms with Crippen LogP contribution in [0.4, 0.5) is 10.2 Å². The number of pyridine rings is 1. The average molecular weight is 451 g/mol. The maximum atomic E-state index is 13.7. The molecule has 33 heavy (non-hydrogen) atoms. The Morgan fingerprint density at radius 3 is 2.55 bits per heavy atom. The average Bonchev–Trinajstić information content (AvgIpc) is 3.24. The number of hydrogen-bond acceptors (Lipinski definition) is 5. The highest BCUT2D eigenvalue weighted by atomic mass is 19.1. The van der Waals surface area contributed by atoms with Crippen molar-refractivity contribution in [1.29, 1.82) is 0 Å². The Morgan fingerprint density at radius 1 is 1.12 bits per heavy atom. The fraction of sp³-hybridized carbons (Fsp3) is 0.440. The first-order chi connectivity index (χ1) is 15.9. The summed E-state index contributed by atoms with van der Waals surface area (Å²) in [5, 5.41) is 4.64. The molecule has 1 aliphatic heterocycles. The number of amides is 1. The van der Waals surface area contributed by atoms with E-state index >= 15 is 0 Å². The Labute approximate surface area is 194 Å². The van der Waals surface area contributed by atoms with E-state index in [0.717, 1.165) is 36.7 Å². The number of halogens is 1. The standard InChI is InChI=1S/C25H31FN6O/c1-5-18(3)25-28-24(20-6-7-21(26)19(4)15-20)29-32(25)16-23(33)31-12-10-30(11-13-31)22-14-17(2)8-9-27-22/h6-9,14-15,18H,5,10-13,16H2,1-4H3. The first-order valence-electron chi connectivity index (χ1n) is 11.5. The number of rotatable bonds is 6. The summed E-state index contributed by atoms with van der Waals surface area (Å²) in [4.78, 5) is 26.4. The lowest BCUT2D eigenvalue weighted by atomic mass is 10.1. The zero-order chi connectivity index (χ0) is 23.5. The van der Waals surface area contributed by atoms with E-state index in [4.69, 9.17) is 4.98 Å². The fourth-order valence-electron chi connectivity index (χ4n) is 4.03. The molecule has 1 saturated heterocycles. The molecule has 1 aliphatic rings. The number of hydrogen-bond donors (Lipinski definition) is 0. The number of carbonyl (C=O) groups excluding carboxylic acids is 1. The van der Waals surface area contributed by atoms with Crippen molar-refractivity contribution in [3.8, 4) is 11.4 Å². The maximum Gasteiger partial charge on any atom is 0.244 e. The van der Waals surface area contributed by atoms with Crippen LogP contribution < -0.4 is 4.90 Å². The number of carbonyl (C=O) groups is 1. The van der Waals surface area contributed by atoms with Gasteiger partial charge in [0.15, 0.2) is 5.82 Å². The van der Waals surface area contributed by atoms with Crippen LogP contribution in [0.25, 0.3) is 11.4 Å². The van der Waals surface area contributed by atoms with Crippen LogP contribution in [0.3, 0.4) is 0 Å². The van der Waals surface area contributed by atoms with Gasteiger partial charge in [-0.15, -0.1) is 0 Å². The van der Waals surface area contributed by atoms with Crippen LogP contribution >= 0.6 is 0 Å². The molecule has 174 valence electrons. The van der Waals surface area contributed by atoms with E-state index < -0.39 is 0 Å². The number of benzene rings is 1. The number of anilines is 1. The van der Waals surface area contributed by atoms with Gasteiger partial charge in [-0.1, -0.05) is 13.8 Å². The van der Waals surface area contributed by atoms with Gasteiger partial charge in [0.1, 0.15) is 24.0 Å². The minimum absolute atomic E-state index is 0.0307. The summed E-state index contributed by atoms with van der Waals surface area (Å²) >= 11 is 0. The van der Waals surface area contributed by atoms with E-state index in [2.05, 4.69) is 41.8 Å². The summed E-state index contributed by atoms with van der Waals surface area (Å²) in [6, 6.07) is 8.92. The van der Waals surface area contributed by atoms with Crippen LogP contribution in [0, 0.1) is 19.7 Å². The second kappa shape index (κ2) is 9.68. The summed E-state index contributed by atoms with van der Waals surface area (Å²) in [7, 11) is 0. The third-order valence-corrected chi connectivity index (χ3v) is 6.31. The van der Waals surface area contributed by atoms with Crippen molar-refractivity contribution in [3.05, 3.63) is 59.3 Å². The normalized spacial score (nSPS) is 15.1. The van der Waals surface area contributed by atoms with E-state index in [1.807, 2.05) is 17.2 Å². The molecule has 1 amide bonds. The number of nitrogens with zero attached hydrogens (tertiary/aromatic N) is 6. The molecule has 2 aromatic heterocycles. The molecule has 1 unspecified atom stereocenters. The Bertz CT molecular complexity index is 1140. The summed E-state index contributed by atoms with van der Waals surface area (Å²) < 4.78 is 15.4. The van der Waals surface area contributed by atoms with E-state index in [1.165, 1.54) is 11.6 Å². The van der Waals surface area contributed by atoms with Gasteiger partial charge in [0.25, 0.3) is 0 Å². The molecule has 0 radical (unpaired) electrons. The molecule has 1 aromatic carbocycles. The third kappa shape index (κ3) is 5.05. The molecule has 7 nitrogen and oxygen atoms in total. The molecule has 4 rings (SSSR count). The van der Waals surface area contributed by atoms with Gasteiger partial charge in [0.05, 0.1) is 0 Å². The molecule has 3 heterocycles. The largest absolute Gasteiger partial charge is 0.353 e. The summed E-state index contributed by atoms with van der Waals surface area (Å²) in [6.45, 7) is 10.9. The Morgan fingerprint density at radius 2 is 1.88 bits per heavy atom. The summed E-state index contributed by atoms with van der Waals surface area (Å²) in [6.07, 6.45) is 2.71. The van der Waals surface area contributed by atoms with Crippen LogP contribution in [0.15, 0.2) is 36.5 Å². The molecule has 8 heteroatoms. The predicted molar refractivity (Wildman–Crippen MR) is 127 cm³/mol. The first-order valence-corrected chi connectivity index (χ1v) is 11.5. The lowest BCUT2D eigenvalue weighted by Gasteiger charge is -2.35. The van der Waals surface area contributed by atoms with Crippen molar-refractivity contribution < 1.29 is 9.18 Å². The van der Waals surface area contributed by atoms with Gasteiger partial charge in [-0.3, -0.25) is 4.79 Å². The van der Waals surface area contributed by atoms with Crippen molar-refractivity contribution in [2.75, 3.05) is 31.1 Å². The van der Waals surface area contributed by atoms with E-state index in [0.29, 0.717) is 24.5 Å². The van der Waals surface area contributed by atoms with Crippen molar-refractivity contribution in [2.45, 2.75) is 46.6 Å². The van der Waals surface area contributed by atoms with Crippen molar-refractivity contribution in [3.63, 3.8) is 0 Å². The summed E-state index contributed by atoms with van der Waals surface area (Å²) in [5.41, 5.74) is 2.48. The Kier molecular flexibility index (Phi) is 6.72. The molecule has 3 aromatic rings. The molecular weight excluding hydrogens is 419 g/mol. The van der Waals surface area contributed by atoms with Gasteiger partial charge in [-0.2, -0.15) is 5.10 Å². The van der Waals surface area contributed by atoms with Gasteiger partial charge in [0.2, 0.25) is 5.91 Å². The van der Waals surface area contributed by atoms with E-state index in [9.17, 15) is 9.18 Å². The predicted octanol–water partition coefficient (Wildman–Crippen LogP) is 3.96. The van der Waals surface area contributed by atoms with E-state index in [-0.39, 0.29) is 24.2 Å². The second-order valence-electron chi connectivity index (χ2n) is 8.78. The maximum absolute atomic E-state index is 13.7.